The molecule has 3 aromatic rings. The number of benzene rings is 2. The third-order valence-electron chi connectivity index (χ3n) is 5.57. The summed E-state index contributed by atoms with van der Waals surface area (Å²) in [7, 11) is 0. The van der Waals surface area contributed by atoms with Gasteiger partial charge < -0.3 is 19.9 Å². The number of nitrogens with zero attached hydrogens (tertiary/aromatic N) is 2. The van der Waals surface area contributed by atoms with Gasteiger partial charge in [-0.1, -0.05) is 36.7 Å². The number of rotatable bonds is 7. The molecule has 0 saturated carbocycles. The molecule has 0 atom stereocenters. The van der Waals surface area contributed by atoms with Crippen LogP contribution in [0.15, 0.2) is 60.0 Å². The van der Waals surface area contributed by atoms with Gasteiger partial charge in [-0.05, 0) is 53.8 Å². The molecule has 1 aliphatic heterocycles. The van der Waals surface area contributed by atoms with Crippen LogP contribution in [-0.4, -0.2) is 49.5 Å². The number of hydrogen-bond donors (Lipinski definition) is 1. The SMILES string of the molecule is CCc1ccc(OCC(=O)Nc2ccc(N3CCN(C(=O)c4cccs4)CC3)c(Cl)c2)cc1. The summed E-state index contributed by atoms with van der Waals surface area (Å²) in [5.41, 5.74) is 2.73. The van der Waals surface area contributed by atoms with Gasteiger partial charge in [-0.2, -0.15) is 0 Å². The monoisotopic (exact) mass is 483 g/mol. The molecule has 0 unspecified atom stereocenters. The van der Waals surface area contributed by atoms with Crippen LogP contribution in [0.1, 0.15) is 22.2 Å². The molecule has 1 fully saturated rings. The summed E-state index contributed by atoms with van der Waals surface area (Å²) >= 11 is 7.99. The van der Waals surface area contributed by atoms with E-state index in [4.69, 9.17) is 16.3 Å². The highest BCUT2D eigenvalue weighted by Gasteiger charge is 2.24. The predicted octanol–water partition coefficient (Wildman–Crippen LogP) is 4.94. The predicted molar refractivity (Wildman–Crippen MR) is 134 cm³/mol. The summed E-state index contributed by atoms with van der Waals surface area (Å²) in [6, 6.07) is 16.9. The lowest BCUT2D eigenvalue weighted by atomic mass is 10.2. The fourth-order valence-electron chi connectivity index (χ4n) is 3.71. The lowest BCUT2D eigenvalue weighted by Gasteiger charge is -2.36. The molecule has 8 heteroatoms. The number of hydrogen-bond acceptors (Lipinski definition) is 5. The highest BCUT2D eigenvalue weighted by Crippen LogP contribution is 2.30. The number of thiophene rings is 1. The maximum absolute atomic E-state index is 12.5. The minimum atomic E-state index is -0.251. The van der Waals surface area contributed by atoms with Crippen molar-refractivity contribution in [3.05, 3.63) is 75.4 Å². The first-order valence-corrected chi connectivity index (χ1v) is 12.2. The van der Waals surface area contributed by atoms with E-state index in [-0.39, 0.29) is 18.4 Å². The van der Waals surface area contributed by atoms with Gasteiger partial charge in [0.15, 0.2) is 6.61 Å². The van der Waals surface area contributed by atoms with Crippen molar-refractivity contribution in [2.45, 2.75) is 13.3 Å². The first-order valence-electron chi connectivity index (χ1n) is 10.9. The third-order valence-corrected chi connectivity index (χ3v) is 6.73. The number of aryl methyl sites for hydroxylation is 1. The quantitative estimate of drug-likeness (QED) is 0.517. The van der Waals surface area contributed by atoms with Gasteiger partial charge in [-0.15, -0.1) is 11.3 Å². The fraction of sp³-hybridized carbons (Fsp3) is 0.280. The topological polar surface area (TPSA) is 61.9 Å². The number of nitrogens with one attached hydrogen (secondary N) is 1. The van der Waals surface area contributed by atoms with Crippen molar-refractivity contribution in [1.29, 1.82) is 0 Å². The van der Waals surface area contributed by atoms with E-state index in [9.17, 15) is 9.59 Å². The number of ether oxygens (including phenoxy) is 1. The summed E-state index contributed by atoms with van der Waals surface area (Å²) in [6.45, 7) is 4.70. The Balaban J connectivity index is 1.28. The Hall–Kier alpha value is -3.03. The van der Waals surface area contributed by atoms with Gasteiger partial charge in [0.05, 0.1) is 15.6 Å². The Morgan fingerprint density at radius 1 is 1.06 bits per heavy atom. The highest BCUT2D eigenvalue weighted by molar-refractivity contribution is 7.12. The van der Waals surface area contributed by atoms with E-state index >= 15 is 0 Å². The molecule has 1 N–H and O–H groups in total. The molecule has 2 heterocycles. The van der Waals surface area contributed by atoms with Gasteiger partial charge in [0.2, 0.25) is 0 Å². The van der Waals surface area contributed by atoms with E-state index in [2.05, 4.69) is 17.1 Å². The summed E-state index contributed by atoms with van der Waals surface area (Å²) in [5.74, 6) is 0.490. The van der Waals surface area contributed by atoms with Crippen LogP contribution in [-0.2, 0) is 11.2 Å². The average molecular weight is 484 g/mol. The Labute approximate surface area is 202 Å². The van der Waals surface area contributed by atoms with Crippen molar-refractivity contribution in [2.75, 3.05) is 43.0 Å². The molecule has 33 heavy (non-hydrogen) atoms. The van der Waals surface area contributed by atoms with Crippen LogP contribution >= 0.6 is 22.9 Å². The van der Waals surface area contributed by atoms with Gasteiger partial charge in [-0.3, -0.25) is 9.59 Å². The molecule has 1 aliphatic rings. The van der Waals surface area contributed by atoms with Gasteiger partial charge in [0.25, 0.3) is 11.8 Å². The number of anilines is 2. The van der Waals surface area contributed by atoms with Crippen LogP contribution in [0.4, 0.5) is 11.4 Å². The molecule has 1 aromatic heterocycles. The first-order chi connectivity index (χ1) is 16.0. The minimum absolute atomic E-state index is 0.0783. The van der Waals surface area contributed by atoms with Crippen LogP contribution in [0.25, 0.3) is 0 Å². The van der Waals surface area contributed by atoms with Gasteiger partial charge in [0, 0.05) is 31.9 Å². The summed E-state index contributed by atoms with van der Waals surface area (Å²) in [6.07, 6.45) is 0.959. The molecule has 6 nitrogen and oxygen atoms in total. The van der Waals surface area contributed by atoms with Gasteiger partial charge in [0.1, 0.15) is 5.75 Å². The molecule has 2 aromatic carbocycles. The Bertz CT molecular complexity index is 1090. The maximum Gasteiger partial charge on any atom is 0.264 e. The molecule has 4 rings (SSSR count). The zero-order valence-electron chi connectivity index (χ0n) is 18.4. The molecule has 172 valence electrons. The maximum atomic E-state index is 12.5. The van der Waals surface area contributed by atoms with E-state index in [1.54, 1.807) is 6.07 Å². The molecule has 0 bridgehead atoms. The van der Waals surface area contributed by atoms with Crippen molar-refractivity contribution < 1.29 is 14.3 Å². The Morgan fingerprint density at radius 3 is 2.45 bits per heavy atom. The minimum Gasteiger partial charge on any atom is -0.484 e. The van der Waals surface area contributed by atoms with E-state index in [0.717, 1.165) is 17.0 Å². The summed E-state index contributed by atoms with van der Waals surface area (Å²) in [4.78, 5) is 29.6. The molecular weight excluding hydrogens is 458 g/mol. The number of halogens is 1. The summed E-state index contributed by atoms with van der Waals surface area (Å²) < 4.78 is 5.56. The fourth-order valence-corrected chi connectivity index (χ4v) is 4.71. The smallest absolute Gasteiger partial charge is 0.264 e. The van der Waals surface area contributed by atoms with Crippen LogP contribution in [0, 0.1) is 0 Å². The molecule has 1 saturated heterocycles. The zero-order valence-corrected chi connectivity index (χ0v) is 20.0. The second-order valence-electron chi connectivity index (χ2n) is 7.76. The first kappa shape index (κ1) is 23.1. The molecule has 0 aliphatic carbocycles. The lowest BCUT2D eigenvalue weighted by molar-refractivity contribution is -0.118. The van der Waals surface area contributed by atoms with Crippen LogP contribution in [0.5, 0.6) is 5.75 Å². The van der Waals surface area contributed by atoms with Crippen molar-refractivity contribution in [2.24, 2.45) is 0 Å². The van der Waals surface area contributed by atoms with Crippen LogP contribution < -0.4 is 15.0 Å². The van der Waals surface area contributed by atoms with E-state index in [0.29, 0.717) is 42.6 Å². The number of amides is 2. The van der Waals surface area contributed by atoms with Crippen LogP contribution in [0.2, 0.25) is 5.02 Å². The van der Waals surface area contributed by atoms with Crippen molar-refractivity contribution >= 4 is 46.1 Å². The van der Waals surface area contributed by atoms with Crippen molar-refractivity contribution in [3.8, 4) is 5.75 Å². The zero-order chi connectivity index (χ0) is 23.2. The lowest BCUT2D eigenvalue weighted by Crippen LogP contribution is -2.48. The van der Waals surface area contributed by atoms with E-state index in [1.807, 2.05) is 58.8 Å². The number of carbonyl (C=O) groups is 2. The molecule has 2 amide bonds. The second kappa shape index (κ2) is 10.7. The van der Waals surface area contributed by atoms with E-state index < -0.39 is 0 Å². The second-order valence-corrected chi connectivity index (χ2v) is 9.11. The number of carbonyl (C=O) groups excluding carboxylic acids is 2. The standard InChI is InChI=1S/C25H26ClN3O3S/c1-2-18-5-8-20(9-6-18)32-17-24(30)27-19-7-10-22(21(26)16-19)28-11-13-29(14-12-28)25(31)23-4-3-15-33-23/h3-10,15-16H,2,11-14,17H2,1H3,(H,27,30). The average Bonchev–Trinajstić information content (AvgIpc) is 3.38. The molecule has 0 spiro atoms. The molecule has 0 radical (unpaired) electrons. The number of piperazine rings is 1. The Kier molecular flexibility index (Phi) is 7.52. The van der Waals surface area contributed by atoms with Crippen LogP contribution in [0.3, 0.4) is 0 Å². The van der Waals surface area contributed by atoms with Crippen molar-refractivity contribution in [1.82, 2.24) is 4.90 Å². The molecular formula is C25H26ClN3O3S. The Morgan fingerprint density at radius 2 is 1.82 bits per heavy atom. The van der Waals surface area contributed by atoms with Gasteiger partial charge >= 0.3 is 0 Å². The van der Waals surface area contributed by atoms with E-state index in [1.165, 1.54) is 16.9 Å². The normalized spacial score (nSPS) is 13.6. The third kappa shape index (κ3) is 5.86. The largest absolute Gasteiger partial charge is 0.484 e. The van der Waals surface area contributed by atoms with Gasteiger partial charge in [-0.25, -0.2) is 0 Å². The highest BCUT2D eigenvalue weighted by atomic mass is 35.5. The summed E-state index contributed by atoms with van der Waals surface area (Å²) in [5, 5.41) is 5.30. The van der Waals surface area contributed by atoms with Crippen molar-refractivity contribution in [3.63, 3.8) is 0 Å².